The third kappa shape index (κ3) is 6.48. The summed E-state index contributed by atoms with van der Waals surface area (Å²) >= 11 is 0. The number of carbonyl (C=O) groups is 1. The third-order valence-electron chi connectivity index (χ3n) is 5.21. The average molecular weight is 388 g/mol. The molecule has 1 unspecified atom stereocenters. The second kappa shape index (κ2) is 11.2. The first-order chi connectivity index (χ1) is 11.9. The monoisotopic (exact) mass is 387 g/mol. The predicted octanol–water partition coefficient (Wildman–Crippen LogP) is 3.98. The van der Waals surface area contributed by atoms with Crippen LogP contribution in [-0.4, -0.2) is 63.2 Å². The Morgan fingerprint density at radius 2 is 1.54 bits per heavy atom. The topological polar surface area (TPSA) is 59.0 Å². The van der Waals surface area contributed by atoms with Gasteiger partial charge in [0.1, 0.15) is 12.2 Å². The number of aliphatic hydroxyl groups excluding tert-OH is 1. The normalized spacial score (nSPS) is 16.0. The molecule has 0 rings (SSSR count). The molecule has 26 heavy (non-hydrogen) atoms. The molecule has 0 fully saturated rings. The largest absolute Gasteiger partial charge is 0.413 e. The Morgan fingerprint density at radius 1 is 1.08 bits per heavy atom. The molecule has 1 amide bonds. The zero-order valence-electron chi connectivity index (χ0n) is 18.3. The van der Waals surface area contributed by atoms with Crippen LogP contribution in [0.1, 0.15) is 54.9 Å². The van der Waals surface area contributed by atoms with Gasteiger partial charge in [0.05, 0.1) is 12.7 Å². The Morgan fingerprint density at radius 3 is 1.88 bits per heavy atom. The molecule has 0 bridgehead atoms. The van der Waals surface area contributed by atoms with Crippen LogP contribution in [0.2, 0.25) is 16.6 Å². The zero-order chi connectivity index (χ0) is 20.7. The molecule has 0 aliphatic rings. The van der Waals surface area contributed by atoms with E-state index in [4.69, 9.17) is 9.16 Å². The second-order valence-corrected chi connectivity index (χ2v) is 13.7. The van der Waals surface area contributed by atoms with Gasteiger partial charge in [-0.3, -0.25) is 4.79 Å². The van der Waals surface area contributed by atoms with Crippen LogP contribution >= 0.6 is 0 Å². The van der Waals surface area contributed by atoms with Crippen LogP contribution in [0, 0.1) is 0 Å². The molecule has 0 aromatic carbocycles. The molecule has 0 saturated heterocycles. The van der Waals surface area contributed by atoms with E-state index in [1.54, 1.807) is 27.1 Å². The molecule has 0 aliphatic heterocycles. The fourth-order valence-electron chi connectivity index (χ4n) is 3.97. The summed E-state index contributed by atoms with van der Waals surface area (Å²) in [5, 5.41) is 10.5. The van der Waals surface area contributed by atoms with Crippen LogP contribution in [0.5, 0.6) is 0 Å². The Bertz CT molecular complexity index is 416. The van der Waals surface area contributed by atoms with E-state index in [1.807, 2.05) is 0 Å². The Hall–Kier alpha value is -0.693. The number of rotatable bonds is 12. The number of nitrogens with zero attached hydrogens (tertiary/aromatic N) is 1. The molecule has 6 heteroatoms. The number of hydrogen-bond acceptors (Lipinski definition) is 4. The molecule has 0 aromatic rings. The van der Waals surface area contributed by atoms with E-state index in [2.05, 4.69) is 48.1 Å². The molecule has 0 radical (unpaired) electrons. The summed E-state index contributed by atoms with van der Waals surface area (Å²) in [5.41, 5.74) is 1.33. The Balaban J connectivity index is 5.40. The van der Waals surface area contributed by atoms with Gasteiger partial charge in [-0.15, -0.1) is 6.58 Å². The third-order valence-corrected chi connectivity index (χ3v) is 11.3. The molecular weight excluding hydrogens is 346 g/mol. The fourth-order valence-corrected chi connectivity index (χ4v) is 9.43. The first kappa shape index (κ1) is 25.3. The number of carbonyl (C=O) groups excluding carboxylic acids is 1. The number of amides is 1. The number of aliphatic hydroxyl groups is 1. The quantitative estimate of drug-likeness (QED) is 0.406. The van der Waals surface area contributed by atoms with Crippen LogP contribution in [0.15, 0.2) is 12.7 Å². The van der Waals surface area contributed by atoms with Crippen LogP contribution in [0.25, 0.3) is 0 Å². The van der Waals surface area contributed by atoms with Gasteiger partial charge in [0.2, 0.25) is 0 Å². The summed E-state index contributed by atoms with van der Waals surface area (Å²) in [6.07, 6.45) is 0.123. The molecule has 1 N–H and O–H groups in total. The molecule has 0 aliphatic carbocycles. The summed E-state index contributed by atoms with van der Waals surface area (Å²) in [5.74, 6) is -0.124. The lowest BCUT2D eigenvalue weighted by atomic mass is 10.1. The van der Waals surface area contributed by atoms with Crippen LogP contribution in [0.4, 0.5) is 0 Å². The molecule has 3 atom stereocenters. The van der Waals surface area contributed by atoms with Gasteiger partial charge in [-0.05, 0) is 30.0 Å². The summed E-state index contributed by atoms with van der Waals surface area (Å²) in [4.78, 5) is 13.6. The first-order valence-electron chi connectivity index (χ1n) is 9.71. The van der Waals surface area contributed by atoms with Crippen LogP contribution in [0.3, 0.4) is 0 Å². The van der Waals surface area contributed by atoms with E-state index in [9.17, 15) is 9.90 Å². The maximum absolute atomic E-state index is 12.2. The number of ether oxygens (including phenoxy) is 1. The predicted molar refractivity (Wildman–Crippen MR) is 111 cm³/mol. The van der Waals surface area contributed by atoms with E-state index in [0.29, 0.717) is 29.7 Å². The van der Waals surface area contributed by atoms with Crippen molar-refractivity contribution in [1.82, 2.24) is 4.90 Å². The minimum Gasteiger partial charge on any atom is -0.413 e. The Kier molecular flexibility index (Phi) is 10.9. The van der Waals surface area contributed by atoms with E-state index >= 15 is 0 Å². The van der Waals surface area contributed by atoms with E-state index in [-0.39, 0.29) is 5.91 Å². The van der Waals surface area contributed by atoms with Crippen molar-refractivity contribution in [3.63, 3.8) is 0 Å². The maximum Gasteiger partial charge on any atom is 0.250 e. The summed E-state index contributed by atoms with van der Waals surface area (Å²) in [6, 6.07) is 0. The van der Waals surface area contributed by atoms with Crippen molar-refractivity contribution in [2.75, 3.05) is 20.7 Å². The molecular formula is C20H41NO4Si. The molecule has 154 valence electrons. The van der Waals surface area contributed by atoms with Gasteiger partial charge in [-0.25, -0.2) is 0 Å². The smallest absolute Gasteiger partial charge is 0.250 e. The van der Waals surface area contributed by atoms with Crippen molar-refractivity contribution in [2.45, 2.75) is 89.8 Å². The van der Waals surface area contributed by atoms with Crippen molar-refractivity contribution < 1.29 is 19.1 Å². The number of likely N-dealkylation sites (N-methyl/N-ethyl adjacent to an activating group) is 1. The lowest BCUT2D eigenvalue weighted by Crippen LogP contribution is -2.51. The van der Waals surface area contributed by atoms with E-state index < -0.39 is 26.6 Å². The molecule has 0 spiro atoms. The summed E-state index contributed by atoms with van der Waals surface area (Å²) < 4.78 is 12.5. The van der Waals surface area contributed by atoms with Crippen molar-refractivity contribution in [1.29, 1.82) is 0 Å². The van der Waals surface area contributed by atoms with E-state index in [0.717, 1.165) is 0 Å². The van der Waals surface area contributed by atoms with Gasteiger partial charge in [0.25, 0.3) is 5.91 Å². The van der Waals surface area contributed by atoms with Gasteiger partial charge in [-0.2, -0.15) is 0 Å². The average Bonchev–Trinajstić information content (AvgIpc) is 2.52. The lowest BCUT2D eigenvalue weighted by Gasteiger charge is -2.43. The molecule has 0 heterocycles. The van der Waals surface area contributed by atoms with Crippen molar-refractivity contribution >= 4 is 14.2 Å². The van der Waals surface area contributed by atoms with Gasteiger partial charge in [-0.1, -0.05) is 47.6 Å². The summed E-state index contributed by atoms with van der Waals surface area (Å²) in [7, 11) is 1.32. The highest BCUT2D eigenvalue weighted by Crippen LogP contribution is 2.42. The zero-order valence-corrected chi connectivity index (χ0v) is 19.3. The van der Waals surface area contributed by atoms with Crippen molar-refractivity contribution in [3.05, 3.63) is 12.7 Å². The van der Waals surface area contributed by atoms with Crippen LogP contribution in [-0.2, 0) is 14.0 Å². The van der Waals surface area contributed by atoms with Crippen molar-refractivity contribution in [3.8, 4) is 0 Å². The van der Waals surface area contributed by atoms with Gasteiger partial charge in [0, 0.05) is 14.1 Å². The van der Waals surface area contributed by atoms with Gasteiger partial charge < -0.3 is 19.2 Å². The highest BCUT2D eigenvalue weighted by Gasteiger charge is 2.45. The maximum atomic E-state index is 12.2. The standard InChI is InChI=1S/C20H41NO4Si/c1-11-12-18(22)19(25-17(8)20(23)21(9)10)13-24-26(14(2)3,15(4)5)16(6)7/h11,14-19,22H,1,12-13H2,2-10H3/t17?,18-,19-/m0/s1. The highest BCUT2D eigenvalue weighted by molar-refractivity contribution is 6.77. The lowest BCUT2D eigenvalue weighted by molar-refractivity contribution is -0.151. The summed E-state index contributed by atoms with van der Waals surface area (Å²) in [6.45, 7) is 19.0. The first-order valence-corrected chi connectivity index (χ1v) is 11.8. The second-order valence-electron chi connectivity index (χ2n) is 8.27. The minimum atomic E-state index is -2.07. The van der Waals surface area contributed by atoms with E-state index in [1.165, 1.54) is 4.90 Å². The Labute approximate surface area is 161 Å². The molecule has 0 saturated carbocycles. The fraction of sp³-hybridized carbons (Fsp3) is 0.850. The number of hydrogen-bond donors (Lipinski definition) is 1. The minimum absolute atomic E-state index is 0.124. The van der Waals surface area contributed by atoms with Gasteiger partial charge in [0.15, 0.2) is 8.32 Å². The highest BCUT2D eigenvalue weighted by atomic mass is 28.4. The van der Waals surface area contributed by atoms with Crippen LogP contribution < -0.4 is 0 Å². The molecule has 0 aromatic heterocycles. The molecule has 5 nitrogen and oxygen atoms in total. The van der Waals surface area contributed by atoms with Gasteiger partial charge >= 0.3 is 0 Å². The SMILES string of the molecule is C=CC[C@H](O)[C@H](CO[Si](C(C)C)(C(C)C)C(C)C)OC(C)C(=O)N(C)C. The van der Waals surface area contributed by atoms with Crippen molar-refractivity contribution in [2.24, 2.45) is 0 Å².